The molecule has 0 saturated carbocycles. The first-order valence-electron chi connectivity index (χ1n) is 8.30. The van der Waals surface area contributed by atoms with Crippen LogP contribution in [0.3, 0.4) is 0 Å². The highest BCUT2D eigenvalue weighted by atomic mass is 16.2. The lowest BCUT2D eigenvalue weighted by Crippen LogP contribution is -2.55. The molecule has 0 spiro atoms. The average Bonchev–Trinajstić information content (AvgIpc) is 2.67. The first kappa shape index (κ1) is 16.9. The quantitative estimate of drug-likeness (QED) is 0.921. The monoisotopic (exact) mass is 339 g/mol. The number of likely N-dealkylation sites (N-methyl/N-ethyl adjacent to an activating group) is 1. The number of hydrogen-bond acceptors (Lipinski definition) is 4. The molecule has 25 heavy (non-hydrogen) atoms. The lowest BCUT2D eigenvalue weighted by Gasteiger charge is -2.36. The Morgan fingerprint density at radius 2 is 2.08 bits per heavy atom. The fourth-order valence-corrected chi connectivity index (χ4v) is 2.94. The standard InChI is InChI=1S/C18H21N5O2/c1-22(18(25)19-13-14-7-5-11-20-21-14)16-10-6-12-23(17(16)24)15-8-3-2-4-9-15/h2-5,7-9,11,16H,6,10,12-13H2,1H3,(H,19,25)/t16-/m1/s1. The molecular weight excluding hydrogens is 318 g/mol. The van der Waals surface area contributed by atoms with E-state index in [0.29, 0.717) is 18.7 Å². The van der Waals surface area contributed by atoms with Gasteiger partial charge in [0, 0.05) is 25.5 Å². The summed E-state index contributed by atoms with van der Waals surface area (Å²) in [6.07, 6.45) is 3.10. The van der Waals surface area contributed by atoms with Crippen LogP contribution in [0.4, 0.5) is 10.5 Å². The van der Waals surface area contributed by atoms with Crippen molar-refractivity contribution in [1.29, 1.82) is 0 Å². The Kier molecular flexibility index (Phi) is 5.23. The second-order valence-corrected chi connectivity index (χ2v) is 5.97. The largest absolute Gasteiger partial charge is 0.332 e. The molecule has 1 aliphatic heterocycles. The van der Waals surface area contributed by atoms with E-state index in [0.717, 1.165) is 12.1 Å². The summed E-state index contributed by atoms with van der Waals surface area (Å²) < 4.78 is 0. The summed E-state index contributed by atoms with van der Waals surface area (Å²) in [6, 6.07) is 12.4. The van der Waals surface area contributed by atoms with Gasteiger partial charge in [-0.05, 0) is 37.1 Å². The van der Waals surface area contributed by atoms with Crippen LogP contribution in [0.15, 0.2) is 48.7 Å². The first-order valence-corrected chi connectivity index (χ1v) is 8.30. The van der Waals surface area contributed by atoms with Crippen LogP contribution in [0.1, 0.15) is 18.5 Å². The van der Waals surface area contributed by atoms with Crippen molar-refractivity contribution in [3.05, 3.63) is 54.4 Å². The number of anilines is 1. The van der Waals surface area contributed by atoms with Crippen molar-refractivity contribution in [2.45, 2.75) is 25.4 Å². The van der Waals surface area contributed by atoms with Gasteiger partial charge in [-0.15, -0.1) is 0 Å². The molecule has 1 fully saturated rings. The predicted octanol–water partition coefficient (Wildman–Crippen LogP) is 1.81. The lowest BCUT2D eigenvalue weighted by molar-refractivity contribution is -0.123. The number of nitrogens with zero attached hydrogens (tertiary/aromatic N) is 4. The topological polar surface area (TPSA) is 78.4 Å². The minimum absolute atomic E-state index is 0.0467. The van der Waals surface area contributed by atoms with Gasteiger partial charge in [0.05, 0.1) is 12.2 Å². The molecule has 1 aromatic heterocycles. The van der Waals surface area contributed by atoms with E-state index in [1.54, 1.807) is 30.3 Å². The molecule has 7 heteroatoms. The number of rotatable bonds is 4. The van der Waals surface area contributed by atoms with E-state index in [1.165, 1.54) is 4.90 Å². The minimum atomic E-state index is -0.462. The minimum Gasteiger partial charge on any atom is -0.332 e. The van der Waals surface area contributed by atoms with E-state index in [1.807, 2.05) is 30.3 Å². The number of urea groups is 1. The third kappa shape index (κ3) is 3.93. The van der Waals surface area contributed by atoms with Gasteiger partial charge >= 0.3 is 6.03 Å². The lowest BCUT2D eigenvalue weighted by atomic mass is 10.0. The Bertz CT molecular complexity index is 723. The maximum absolute atomic E-state index is 12.8. The van der Waals surface area contributed by atoms with Crippen LogP contribution >= 0.6 is 0 Å². The molecule has 1 N–H and O–H groups in total. The number of benzene rings is 1. The van der Waals surface area contributed by atoms with E-state index >= 15 is 0 Å². The molecule has 3 amide bonds. The van der Waals surface area contributed by atoms with E-state index in [4.69, 9.17) is 0 Å². The molecular formula is C18H21N5O2. The maximum Gasteiger partial charge on any atom is 0.318 e. The van der Waals surface area contributed by atoms with Gasteiger partial charge in [-0.3, -0.25) is 4.79 Å². The Labute approximate surface area is 146 Å². The molecule has 1 saturated heterocycles. The van der Waals surface area contributed by atoms with Crippen molar-refractivity contribution in [3.63, 3.8) is 0 Å². The second-order valence-electron chi connectivity index (χ2n) is 5.97. The molecule has 1 aromatic carbocycles. The molecule has 3 rings (SSSR count). The molecule has 0 bridgehead atoms. The molecule has 7 nitrogen and oxygen atoms in total. The summed E-state index contributed by atoms with van der Waals surface area (Å²) in [6.45, 7) is 0.953. The van der Waals surface area contributed by atoms with Gasteiger partial charge < -0.3 is 15.1 Å². The zero-order valence-electron chi connectivity index (χ0n) is 14.1. The Balaban J connectivity index is 1.63. The van der Waals surface area contributed by atoms with Gasteiger partial charge in [0.25, 0.3) is 0 Å². The van der Waals surface area contributed by atoms with Crippen LogP contribution in [0.25, 0.3) is 0 Å². The van der Waals surface area contributed by atoms with Crippen molar-refractivity contribution in [2.75, 3.05) is 18.5 Å². The van der Waals surface area contributed by atoms with Gasteiger partial charge in [0.1, 0.15) is 6.04 Å². The van der Waals surface area contributed by atoms with Crippen molar-refractivity contribution < 1.29 is 9.59 Å². The third-order valence-electron chi connectivity index (χ3n) is 4.31. The summed E-state index contributed by atoms with van der Waals surface area (Å²) in [5.41, 5.74) is 1.54. The third-order valence-corrected chi connectivity index (χ3v) is 4.31. The summed E-state index contributed by atoms with van der Waals surface area (Å²) in [5.74, 6) is -0.0467. The van der Waals surface area contributed by atoms with E-state index in [-0.39, 0.29) is 18.5 Å². The van der Waals surface area contributed by atoms with Crippen LogP contribution in [-0.2, 0) is 11.3 Å². The van der Waals surface area contributed by atoms with E-state index in [9.17, 15) is 9.59 Å². The molecule has 130 valence electrons. The second kappa shape index (κ2) is 7.74. The Morgan fingerprint density at radius 3 is 2.80 bits per heavy atom. The number of carbonyl (C=O) groups excluding carboxylic acids is 2. The molecule has 0 radical (unpaired) electrons. The highest BCUT2D eigenvalue weighted by molar-refractivity contribution is 5.99. The smallest absolute Gasteiger partial charge is 0.318 e. The number of amides is 3. The van der Waals surface area contributed by atoms with Gasteiger partial charge in [0.15, 0.2) is 0 Å². The zero-order chi connectivity index (χ0) is 17.6. The number of carbonyl (C=O) groups is 2. The number of nitrogens with one attached hydrogen (secondary N) is 1. The average molecular weight is 339 g/mol. The van der Waals surface area contributed by atoms with Crippen LogP contribution in [0, 0.1) is 0 Å². The van der Waals surface area contributed by atoms with Gasteiger partial charge in [-0.1, -0.05) is 18.2 Å². The molecule has 2 aromatic rings. The number of aromatic nitrogens is 2. The van der Waals surface area contributed by atoms with E-state index < -0.39 is 6.04 Å². The first-order chi connectivity index (χ1) is 12.2. The molecule has 0 unspecified atom stereocenters. The van der Waals surface area contributed by atoms with Gasteiger partial charge in [-0.25, -0.2) is 4.79 Å². The summed E-state index contributed by atoms with van der Waals surface area (Å²) in [5, 5.41) is 10.5. The number of para-hydroxylation sites is 1. The van der Waals surface area contributed by atoms with Gasteiger partial charge in [-0.2, -0.15) is 10.2 Å². The molecule has 2 heterocycles. The molecule has 1 atom stereocenters. The molecule has 1 aliphatic rings. The highest BCUT2D eigenvalue weighted by Crippen LogP contribution is 2.23. The zero-order valence-corrected chi connectivity index (χ0v) is 14.1. The van der Waals surface area contributed by atoms with Crippen LogP contribution in [-0.4, -0.2) is 46.7 Å². The Hall–Kier alpha value is -2.96. The number of hydrogen-bond donors (Lipinski definition) is 1. The summed E-state index contributed by atoms with van der Waals surface area (Å²) >= 11 is 0. The van der Waals surface area contributed by atoms with Crippen LogP contribution < -0.4 is 10.2 Å². The predicted molar refractivity (Wildman–Crippen MR) is 93.8 cm³/mol. The number of piperidine rings is 1. The van der Waals surface area contributed by atoms with E-state index in [2.05, 4.69) is 15.5 Å². The summed E-state index contributed by atoms with van der Waals surface area (Å²) in [7, 11) is 1.66. The van der Waals surface area contributed by atoms with Gasteiger partial charge in [0.2, 0.25) is 5.91 Å². The highest BCUT2D eigenvalue weighted by Gasteiger charge is 2.34. The normalized spacial score (nSPS) is 17.2. The molecule has 0 aliphatic carbocycles. The van der Waals surface area contributed by atoms with Crippen LogP contribution in [0.2, 0.25) is 0 Å². The van der Waals surface area contributed by atoms with Crippen molar-refractivity contribution in [1.82, 2.24) is 20.4 Å². The fourth-order valence-electron chi connectivity index (χ4n) is 2.94. The fraction of sp³-hybridized carbons (Fsp3) is 0.333. The maximum atomic E-state index is 12.8. The SMILES string of the molecule is CN(C(=O)NCc1cccnn1)[C@@H]1CCCN(c2ccccc2)C1=O. The van der Waals surface area contributed by atoms with Crippen molar-refractivity contribution in [3.8, 4) is 0 Å². The summed E-state index contributed by atoms with van der Waals surface area (Å²) in [4.78, 5) is 28.5. The van der Waals surface area contributed by atoms with Crippen molar-refractivity contribution in [2.24, 2.45) is 0 Å². The van der Waals surface area contributed by atoms with Crippen LogP contribution in [0.5, 0.6) is 0 Å². The Morgan fingerprint density at radius 1 is 1.28 bits per heavy atom. The van der Waals surface area contributed by atoms with Crippen molar-refractivity contribution >= 4 is 17.6 Å².